The van der Waals surface area contributed by atoms with Gasteiger partial charge in [0.25, 0.3) is 10.1 Å². The van der Waals surface area contributed by atoms with Crippen LogP contribution in [0.25, 0.3) is 0 Å². The summed E-state index contributed by atoms with van der Waals surface area (Å²) in [7, 11) is -2.65. The van der Waals surface area contributed by atoms with Gasteiger partial charge in [-0.05, 0) is 108 Å². The Hall–Kier alpha value is -2.34. The molecule has 286 valence electrons. The zero-order chi connectivity index (χ0) is 36.9. The maximum atomic E-state index is 13.7. The van der Waals surface area contributed by atoms with E-state index in [1.54, 1.807) is 24.3 Å². The highest BCUT2D eigenvalue weighted by molar-refractivity contribution is 7.86. The van der Waals surface area contributed by atoms with Crippen LogP contribution < -0.4 is 0 Å². The highest BCUT2D eigenvalue weighted by atomic mass is 32.2. The number of unbranched alkanes of at least 4 members (excludes halogenated alkanes) is 1. The monoisotopic (exact) mass is 730 g/mol. The van der Waals surface area contributed by atoms with E-state index in [1.165, 1.54) is 12.7 Å². The van der Waals surface area contributed by atoms with Crippen LogP contribution >= 0.6 is 0 Å². The van der Waals surface area contributed by atoms with Gasteiger partial charge in [0, 0.05) is 32.0 Å². The fourth-order valence-corrected chi connectivity index (χ4v) is 8.10. The van der Waals surface area contributed by atoms with E-state index >= 15 is 0 Å². The Morgan fingerprint density at radius 1 is 0.980 bits per heavy atom. The molecular formula is C41H62O9S. The number of carbonyl (C=O) groups is 1. The van der Waals surface area contributed by atoms with Crippen molar-refractivity contribution in [3.8, 4) is 0 Å². The Balaban J connectivity index is 1.66. The Morgan fingerprint density at radius 2 is 1.67 bits per heavy atom. The number of benzene rings is 1. The molecule has 1 saturated carbocycles. The van der Waals surface area contributed by atoms with E-state index in [-0.39, 0.29) is 52.9 Å². The zero-order valence-electron chi connectivity index (χ0n) is 31.7. The van der Waals surface area contributed by atoms with Crippen molar-refractivity contribution in [1.82, 2.24) is 0 Å². The Labute approximate surface area is 307 Å². The summed E-state index contributed by atoms with van der Waals surface area (Å²) in [5.41, 5.74) is 1.99. The molecule has 2 saturated heterocycles. The first kappa shape index (κ1) is 41.4. The Kier molecular flexibility index (Phi) is 16.4. The second kappa shape index (κ2) is 20.2. The van der Waals surface area contributed by atoms with Gasteiger partial charge < -0.3 is 23.7 Å². The van der Waals surface area contributed by atoms with Crippen LogP contribution in [-0.2, 0) is 42.8 Å². The SMILES string of the molecule is COC(=O)CCC/C=C\C[C@@H]1[C@@H](/C=C/[C@H](OC2CCCCO2)C(C)(C)CC=C(C)C)[C@H](OC2CCCCO2)C[C@@H]1OS(=O)(=O)c1ccc(C)cc1. The number of allylic oxidation sites excluding steroid dienone is 4. The molecule has 7 atom stereocenters. The molecule has 0 N–H and O–H groups in total. The quantitative estimate of drug-likeness (QED) is 0.0634. The van der Waals surface area contributed by atoms with Gasteiger partial charge in [0.2, 0.25) is 0 Å². The average Bonchev–Trinajstić information content (AvgIpc) is 3.41. The third-order valence-electron chi connectivity index (χ3n) is 10.2. The molecule has 2 unspecified atom stereocenters. The predicted octanol–water partition coefficient (Wildman–Crippen LogP) is 8.76. The molecule has 0 bridgehead atoms. The van der Waals surface area contributed by atoms with Crippen molar-refractivity contribution in [3.63, 3.8) is 0 Å². The summed E-state index contributed by atoms with van der Waals surface area (Å²) in [6, 6.07) is 6.76. The van der Waals surface area contributed by atoms with Crippen LogP contribution in [0.3, 0.4) is 0 Å². The van der Waals surface area contributed by atoms with Crippen LogP contribution in [0, 0.1) is 24.2 Å². The summed E-state index contributed by atoms with van der Waals surface area (Å²) in [5.74, 6) is -0.613. The van der Waals surface area contributed by atoms with E-state index in [1.807, 2.05) is 6.92 Å². The van der Waals surface area contributed by atoms with Crippen LogP contribution in [0.15, 0.2) is 65.1 Å². The minimum Gasteiger partial charge on any atom is -0.469 e. The lowest BCUT2D eigenvalue weighted by Crippen LogP contribution is -2.36. The van der Waals surface area contributed by atoms with Crippen LogP contribution in [0.2, 0.25) is 0 Å². The molecule has 10 heteroatoms. The molecule has 3 fully saturated rings. The Morgan fingerprint density at radius 3 is 2.29 bits per heavy atom. The first-order valence-electron chi connectivity index (χ1n) is 19.0. The topological polar surface area (TPSA) is 107 Å². The first-order valence-corrected chi connectivity index (χ1v) is 20.4. The number of aryl methyl sites for hydroxylation is 1. The molecule has 0 amide bonds. The van der Waals surface area contributed by atoms with Crippen LogP contribution in [-0.4, -0.2) is 65.6 Å². The molecular weight excluding hydrogens is 669 g/mol. The molecule has 1 aromatic carbocycles. The predicted molar refractivity (Wildman–Crippen MR) is 198 cm³/mol. The van der Waals surface area contributed by atoms with Gasteiger partial charge in [0.05, 0.1) is 30.3 Å². The largest absolute Gasteiger partial charge is 0.469 e. The molecule has 51 heavy (non-hydrogen) atoms. The van der Waals surface area contributed by atoms with Crippen molar-refractivity contribution in [2.45, 2.75) is 147 Å². The van der Waals surface area contributed by atoms with Crippen molar-refractivity contribution >= 4 is 16.1 Å². The molecule has 3 aliphatic rings. The summed E-state index contributed by atoms with van der Waals surface area (Å²) >= 11 is 0. The lowest BCUT2D eigenvalue weighted by Gasteiger charge is -2.36. The maximum Gasteiger partial charge on any atom is 0.305 e. The molecule has 9 nitrogen and oxygen atoms in total. The molecule has 2 aliphatic heterocycles. The van der Waals surface area contributed by atoms with Crippen LogP contribution in [0.4, 0.5) is 0 Å². The third-order valence-corrected chi connectivity index (χ3v) is 11.5. The molecule has 4 rings (SSSR count). The standard InChI is InChI=1S/C41H62O9S/c1-30(2)25-26-41(4,5)37(49-40-18-12-14-28-47-40)24-23-34-33(15-9-7-8-10-16-38(42)45-6)36(29-35(34)48-39-17-11-13-27-46-39)50-51(43,44)32-21-19-31(3)20-22-32/h7,9,19-25,33-37,39-40H,8,10-18,26-29H2,1-6H3/b9-7-,24-23+/t33-,34-,35-,36+,37+,39?,40?/m1/s1. The van der Waals surface area contributed by atoms with Crippen LogP contribution in [0.1, 0.15) is 110 Å². The number of ether oxygens (including phenoxy) is 5. The van der Waals surface area contributed by atoms with Crippen molar-refractivity contribution in [1.29, 1.82) is 0 Å². The van der Waals surface area contributed by atoms with Gasteiger partial charge in [-0.2, -0.15) is 8.42 Å². The van der Waals surface area contributed by atoms with E-state index < -0.39 is 16.2 Å². The average molecular weight is 731 g/mol. The van der Waals surface area contributed by atoms with Gasteiger partial charge in [-0.1, -0.05) is 67.5 Å². The van der Waals surface area contributed by atoms with E-state index in [9.17, 15) is 13.2 Å². The Bertz CT molecular complexity index is 1400. The van der Waals surface area contributed by atoms with Crippen molar-refractivity contribution < 1.29 is 41.1 Å². The number of carbonyl (C=O) groups excluding carboxylic acids is 1. The van der Waals surface area contributed by atoms with E-state index in [4.69, 9.17) is 27.9 Å². The molecule has 1 aliphatic carbocycles. The van der Waals surface area contributed by atoms with E-state index in [2.05, 4.69) is 58.1 Å². The summed E-state index contributed by atoms with van der Waals surface area (Å²) in [4.78, 5) is 11.8. The van der Waals surface area contributed by atoms with Crippen molar-refractivity contribution in [2.75, 3.05) is 20.3 Å². The van der Waals surface area contributed by atoms with Gasteiger partial charge in [-0.15, -0.1) is 0 Å². The summed E-state index contributed by atoms with van der Waals surface area (Å²) in [5, 5.41) is 0. The second-order valence-corrected chi connectivity index (χ2v) is 16.8. The fraction of sp³-hybridized carbons (Fsp3) is 0.683. The number of methoxy groups -OCH3 is 1. The highest BCUT2D eigenvalue weighted by Gasteiger charge is 2.46. The molecule has 2 heterocycles. The van der Waals surface area contributed by atoms with E-state index in [0.717, 1.165) is 50.5 Å². The van der Waals surface area contributed by atoms with Crippen LogP contribution in [0.5, 0.6) is 0 Å². The van der Waals surface area contributed by atoms with Gasteiger partial charge in [0.1, 0.15) is 0 Å². The third kappa shape index (κ3) is 13.2. The smallest absolute Gasteiger partial charge is 0.305 e. The van der Waals surface area contributed by atoms with Gasteiger partial charge in [-0.25, -0.2) is 0 Å². The van der Waals surface area contributed by atoms with Crippen molar-refractivity contribution in [2.24, 2.45) is 17.3 Å². The number of hydrogen-bond acceptors (Lipinski definition) is 9. The first-order chi connectivity index (χ1) is 24.4. The second-order valence-electron chi connectivity index (χ2n) is 15.2. The van der Waals surface area contributed by atoms with Gasteiger partial charge >= 0.3 is 5.97 Å². The van der Waals surface area contributed by atoms with E-state index in [0.29, 0.717) is 45.3 Å². The highest BCUT2D eigenvalue weighted by Crippen LogP contribution is 2.43. The lowest BCUT2D eigenvalue weighted by atomic mass is 9.81. The molecule has 1 aromatic rings. The number of esters is 1. The summed E-state index contributed by atoms with van der Waals surface area (Å²) in [6.07, 6.45) is 18.2. The van der Waals surface area contributed by atoms with Gasteiger partial charge in [0.15, 0.2) is 12.6 Å². The molecule has 0 aromatic heterocycles. The normalized spacial score (nSPS) is 26.8. The molecule has 0 spiro atoms. The number of hydrogen-bond donors (Lipinski definition) is 0. The molecule has 0 radical (unpaired) electrons. The van der Waals surface area contributed by atoms with Crippen molar-refractivity contribution in [3.05, 3.63) is 65.8 Å². The summed E-state index contributed by atoms with van der Waals surface area (Å²) in [6.45, 7) is 11.9. The summed E-state index contributed by atoms with van der Waals surface area (Å²) < 4.78 is 63.8. The minimum atomic E-state index is -4.05. The number of rotatable bonds is 18. The zero-order valence-corrected chi connectivity index (χ0v) is 32.5. The lowest BCUT2D eigenvalue weighted by molar-refractivity contribution is -0.197. The van der Waals surface area contributed by atoms with Gasteiger partial charge in [-0.3, -0.25) is 8.98 Å². The maximum absolute atomic E-state index is 13.7. The fourth-order valence-electron chi connectivity index (χ4n) is 6.98. The minimum absolute atomic E-state index is 0.138.